The molecular weight excluding hydrogens is 520 g/mol. The number of methoxy groups -OCH3 is 2. The second-order valence-electron chi connectivity index (χ2n) is 9.19. The van der Waals surface area contributed by atoms with Gasteiger partial charge in [0, 0.05) is 5.39 Å². The summed E-state index contributed by atoms with van der Waals surface area (Å²) in [6, 6.07) is 27.1. The molecule has 1 aromatic heterocycles. The van der Waals surface area contributed by atoms with Gasteiger partial charge in [-0.3, -0.25) is 4.79 Å². The highest BCUT2D eigenvalue weighted by molar-refractivity contribution is 6.09. The first-order chi connectivity index (χ1) is 19.9. The minimum Gasteiger partial charge on any atom is -0.497 e. The number of carbonyl (C=O) groups excluding carboxylic acids is 2. The maximum atomic E-state index is 13.3. The smallest absolute Gasteiger partial charge is 0.347 e. The standard InChI is InChI=1S/C34H28O7/c1-22-33(29-20-26(14-17-32(29)40-22)39-21-24-8-5-4-6-9-24)34(36)41-27-11-7-10-23(18-27)12-15-30(35)28-19-25(37-2)13-16-31(28)38-3/h4-20H,21H2,1-3H3. The Morgan fingerprint density at radius 2 is 1.61 bits per heavy atom. The number of furan rings is 1. The molecule has 1 heterocycles. The highest BCUT2D eigenvalue weighted by Gasteiger charge is 2.21. The first-order valence-corrected chi connectivity index (χ1v) is 12.9. The van der Waals surface area contributed by atoms with E-state index in [2.05, 4.69) is 0 Å². The Labute approximate surface area is 237 Å². The molecule has 0 aliphatic carbocycles. The molecule has 0 amide bonds. The Balaban J connectivity index is 1.32. The average molecular weight is 549 g/mol. The van der Waals surface area contributed by atoms with Crippen LogP contribution < -0.4 is 18.9 Å². The van der Waals surface area contributed by atoms with Crippen LogP contribution in [-0.2, 0) is 6.61 Å². The fraction of sp³-hybridized carbons (Fsp3) is 0.118. The molecule has 0 spiro atoms. The number of benzene rings is 4. The number of carbonyl (C=O) groups is 2. The zero-order chi connectivity index (χ0) is 28.8. The highest BCUT2D eigenvalue weighted by Crippen LogP contribution is 2.31. The molecule has 5 aromatic rings. The van der Waals surface area contributed by atoms with Crippen LogP contribution in [0, 0.1) is 6.92 Å². The minimum atomic E-state index is -0.556. The summed E-state index contributed by atoms with van der Waals surface area (Å²) in [5.74, 6) is 1.56. The molecule has 0 bridgehead atoms. The summed E-state index contributed by atoms with van der Waals surface area (Å²) in [6.45, 7) is 2.12. The molecule has 7 nitrogen and oxygen atoms in total. The van der Waals surface area contributed by atoms with Gasteiger partial charge >= 0.3 is 5.97 Å². The lowest BCUT2D eigenvalue weighted by Crippen LogP contribution is -2.09. The largest absolute Gasteiger partial charge is 0.497 e. The van der Waals surface area contributed by atoms with E-state index in [1.807, 2.05) is 36.4 Å². The first-order valence-electron chi connectivity index (χ1n) is 12.9. The van der Waals surface area contributed by atoms with Crippen molar-refractivity contribution in [2.24, 2.45) is 0 Å². The van der Waals surface area contributed by atoms with Gasteiger partial charge in [-0.1, -0.05) is 48.5 Å². The van der Waals surface area contributed by atoms with Crippen molar-refractivity contribution in [3.8, 4) is 23.0 Å². The maximum absolute atomic E-state index is 13.3. The van der Waals surface area contributed by atoms with Crippen LogP contribution in [-0.4, -0.2) is 26.0 Å². The lowest BCUT2D eigenvalue weighted by atomic mass is 10.1. The van der Waals surface area contributed by atoms with Gasteiger partial charge < -0.3 is 23.4 Å². The number of esters is 1. The SMILES string of the molecule is COc1ccc(OC)c(C(=O)C=Cc2cccc(OC(=O)c3c(C)oc4ccc(OCc5ccccc5)cc34)c2)c1. The molecule has 0 unspecified atom stereocenters. The van der Waals surface area contributed by atoms with E-state index in [1.165, 1.54) is 20.3 Å². The first kappa shape index (κ1) is 27.3. The molecule has 41 heavy (non-hydrogen) atoms. The average Bonchev–Trinajstić information content (AvgIpc) is 3.34. The van der Waals surface area contributed by atoms with Crippen LogP contribution in [0.15, 0.2) is 101 Å². The summed E-state index contributed by atoms with van der Waals surface area (Å²) in [7, 11) is 3.04. The molecule has 0 radical (unpaired) electrons. The maximum Gasteiger partial charge on any atom is 0.347 e. The van der Waals surface area contributed by atoms with Gasteiger partial charge in [0.2, 0.25) is 0 Å². The second-order valence-corrected chi connectivity index (χ2v) is 9.19. The van der Waals surface area contributed by atoms with Gasteiger partial charge in [-0.2, -0.15) is 0 Å². The van der Waals surface area contributed by atoms with Crippen molar-refractivity contribution in [2.75, 3.05) is 14.2 Å². The number of hydrogen-bond acceptors (Lipinski definition) is 7. The number of hydrogen-bond donors (Lipinski definition) is 0. The second kappa shape index (κ2) is 12.3. The zero-order valence-corrected chi connectivity index (χ0v) is 22.9. The van der Waals surface area contributed by atoms with Gasteiger partial charge in [-0.25, -0.2) is 4.79 Å². The van der Waals surface area contributed by atoms with E-state index in [4.69, 9.17) is 23.4 Å². The van der Waals surface area contributed by atoms with Crippen molar-refractivity contribution in [3.05, 3.63) is 125 Å². The van der Waals surface area contributed by atoms with Gasteiger partial charge in [0.1, 0.15) is 46.5 Å². The summed E-state index contributed by atoms with van der Waals surface area (Å²) < 4.78 is 28.0. The molecule has 0 fully saturated rings. The molecular formula is C34H28O7. The lowest BCUT2D eigenvalue weighted by molar-refractivity contribution is 0.0734. The van der Waals surface area contributed by atoms with Crippen LogP contribution in [0.3, 0.4) is 0 Å². The van der Waals surface area contributed by atoms with Gasteiger partial charge in [0.05, 0.1) is 19.8 Å². The van der Waals surface area contributed by atoms with Crippen molar-refractivity contribution in [1.82, 2.24) is 0 Å². The summed E-state index contributed by atoms with van der Waals surface area (Å²) in [5.41, 5.74) is 2.97. The van der Waals surface area contributed by atoms with Crippen molar-refractivity contribution in [1.29, 1.82) is 0 Å². The molecule has 0 aliphatic rings. The third-order valence-corrected chi connectivity index (χ3v) is 6.46. The summed E-state index contributed by atoms with van der Waals surface area (Å²) >= 11 is 0. The lowest BCUT2D eigenvalue weighted by Gasteiger charge is -2.08. The van der Waals surface area contributed by atoms with Crippen molar-refractivity contribution >= 4 is 28.8 Å². The van der Waals surface area contributed by atoms with Crippen molar-refractivity contribution in [2.45, 2.75) is 13.5 Å². The normalized spacial score (nSPS) is 11.0. The number of rotatable bonds is 10. The Hall–Kier alpha value is -5.30. The summed E-state index contributed by atoms with van der Waals surface area (Å²) in [6.07, 6.45) is 3.08. The van der Waals surface area contributed by atoms with Gasteiger partial charge in [-0.05, 0) is 72.7 Å². The van der Waals surface area contributed by atoms with Crippen LogP contribution in [0.4, 0.5) is 0 Å². The quantitative estimate of drug-likeness (QED) is 0.0775. The fourth-order valence-electron chi connectivity index (χ4n) is 4.39. The Kier molecular flexibility index (Phi) is 8.15. The Morgan fingerprint density at radius 3 is 2.39 bits per heavy atom. The fourth-order valence-corrected chi connectivity index (χ4v) is 4.39. The van der Waals surface area contributed by atoms with E-state index in [9.17, 15) is 9.59 Å². The molecule has 0 aliphatic heterocycles. The van der Waals surface area contributed by atoms with Crippen LogP contribution in [0.25, 0.3) is 17.0 Å². The predicted molar refractivity (Wildman–Crippen MR) is 156 cm³/mol. The van der Waals surface area contributed by atoms with Crippen LogP contribution in [0.2, 0.25) is 0 Å². The van der Waals surface area contributed by atoms with E-state index >= 15 is 0 Å². The molecule has 4 aromatic carbocycles. The summed E-state index contributed by atoms with van der Waals surface area (Å²) in [5, 5.41) is 0.604. The van der Waals surface area contributed by atoms with E-state index in [0.29, 0.717) is 63.0 Å². The van der Waals surface area contributed by atoms with Crippen LogP contribution in [0.1, 0.15) is 37.6 Å². The molecule has 0 N–H and O–H groups in total. The third-order valence-electron chi connectivity index (χ3n) is 6.46. The van der Waals surface area contributed by atoms with E-state index < -0.39 is 5.97 Å². The number of allylic oxidation sites excluding steroid dienone is 1. The van der Waals surface area contributed by atoms with Crippen molar-refractivity contribution in [3.63, 3.8) is 0 Å². The third kappa shape index (κ3) is 6.31. The number of fused-ring (bicyclic) bond motifs is 1. The predicted octanol–water partition coefficient (Wildman–Crippen LogP) is 7.45. The number of aryl methyl sites for hydroxylation is 1. The van der Waals surface area contributed by atoms with Crippen LogP contribution in [0.5, 0.6) is 23.0 Å². The topological polar surface area (TPSA) is 84.2 Å². The molecule has 5 rings (SSSR count). The number of ketones is 1. The molecule has 0 saturated heterocycles. The van der Waals surface area contributed by atoms with Gasteiger partial charge in [-0.15, -0.1) is 0 Å². The Morgan fingerprint density at radius 1 is 0.805 bits per heavy atom. The Bertz CT molecular complexity index is 1730. The molecule has 7 heteroatoms. The number of ether oxygens (including phenoxy) is 4. The van der Waals surface area contributed by atoms with Gasteiger partial charge in [0.25, 0.3) is 0 Å². The highest BCUT2D eigenvalue weighted by atomic mass is 16.5. The zero-order valence-electron chi connectivity index (χ0n) is 22.9. The molecule has 0 atom stereocenters. The van der Waals surface area contributed by atoms with Crippen LogP contribution >= 0.6 is 0 Å². The molecule has 0 saturated carbocycles. The van der Waals surface area contributed by atoms with Gasteiger partial charge in [0.15, 0.2) is 5.78 Å². The van der Waals surface area contributed by atoms with Crippen molar-refractivity contribution < 1.29 is 33.0 Å². The van der Waals surface area contributed by atoms with E-state index in [0.717, 1.165) is 5.56 Å². The monoisotopic (exact) mass is 548 g/mol. The molecule has 206 valence electrons. The summed E-state index contributed by atoms with van der Waals surface area (Å²) in [4.78, 5) is 26.1. The van der Waals surface area contributed by atoms with E-state index in [-0.39, 0.29) is 5.78 Å². The van der Waals surface area contributed by atoms with E-state index in [1.54, 1.807) is 67.6 Å². The minimum absolute atomic E-state index is 0.256.